The molecular formula is C20H14ClN2O2+. The highest BCUT2D eigenvalue weighted by Crippen LogP contribution is 2.20. The molecule has 4 aromatic rings. The van der Waals surface area contributed by atoms with Gasteiger partial charge in [-0.2, -0.15) is 0 Å². The summed E-state index contributed by atoms with van der Waals surface area (Å²) in [5.41, 5.74) is 2.31. The van der Waals surface area contributed by atoms with Crippen LogP contribution in [0.25, 0.3) is 22.8 Å². The Morgan fingerprint density at radius 3 is 2.04 bits per heavy atom. The van der Waals surface area contributed by atoms with Gasteiger partial charge in [0.25, 0.3) is 0 Å². The lowest BCUT2D eigenvalue weighted by Gasteiger charge is -2.01. The molecular weight excluding hydrogens is 336 g/mol. The fourth-order valence-electron chi connectivity index (χ4n) is 2.71. The fraction of sp³-hybridized carbons (Fsp3) is 0. The average Bonchev–Trinajstić information content (AvgIpc) is 3.01. The molecule has 0 amide bonds. The van der Waals surface area contributed by atoms with E-state index in [-0.39, 0.29) is 0 Å². The molecule has 3 aromatic carbocycles. The van der Waals surface area contributed by atoms with Crippen molar-refractivity contribution in [2.45, 2.75) is 0 Å². The Balaban J connectivity index is 2.03. The van der Waals surface area contributed by atoms with Gasteiger partial charge in [-0.25, -0.2) is 4.79 Å². The van der Waals surface area contributed by atoms with E-state index in [9.17, 15) is 4.79 Å². The molecule has 0 aliphatic heterocycles. The van der Waals surface area contributed by atoms with Crippen molar-refractivity contribution < 1.29 is 9.10 Å². The standard InChI is InChI=1S/C20H14ClN2O2/c21-16-13-11-15(12-14-16)19-22(17-7-3-1-4-8-17)23(20(24)25-19)18-9-5-2-6-10-18/h1-14H/q+1. The number of halogens is 1. The van der Waals surface area contributed by atoms with Crippen LogP contribution in [0.2, 0.25) is 5.02 Å². The summed E-state index contributed by atoms with van der Waals surface area (Å²) in [6.45, 7) is 0. The number of nitrogens with zero attached hydrogens (tertiary/aromatic N) is 2. The molecule has 0 bridgehead atoms. The predicted molar refractivity (Wildman–Crippen MR) is 96.3 cm³/mol. The number of hydrogen-bond acceptors (Lipinski definition) is 2. The third-order valence-electron chi connectivity index (χ3n) is 3.84. The van der Waals surface area contributed by atoms with Gasteiger partial charge < -0.3 is 4.42 Å². The van der Waals surface area contributed by atoms with Gasteiger partial charge in [0, 0.05) is 17.2 Å². The Bertz CT molecular complexity index is 1050. The molecule has 4 rings (SSSR count). The van der Waals surface area contributed by atoms with Crippen LogP contribution < -0.4 is 10.4 Å². The highest BCUT2D eigenvalue weighted by molar-refractivity contribution is 6.30. The van der Waals surface area contributed by atoms with E-state index in [1.807, 2.05) is 72.8 Å². The van der Waals surface area contributed by atoms with Gasteiger partial charge in [-0.15, -0.1) is 0 Å². The highest BCUT2D eigenvalue weighted by Gasteiger charge is 2.29. The Kier molecular flexibility index (Phi) is 3.96. The van der Waals surface area contributed by atoms with Crippen molar-refractivity contribution in [3.05, 3.63) is 101 Å². The lowest BCUT2D eigenvalue weighted by molar-refractivity contribution is -0.668. The quantitative estimate of drug-likeness (QED) is 0.524. The van der Waals surface area contributed by atoms with Crippen LogP contribution in [0.4, 0.5) is 0 Å². The van der Waals surface area contributed by atoms with Crippen LogP contribution in [-0.2, 0) is 0 Å². The molecule has 0 radical (unpaired) electrons. The van der Waals surface area contributed by atoms with Crippen molar-refractivity contribution >= 4 is 11.6 Å². The maximum absolute atomic E-state index is 12.6. The summed E-state index contributed by atoms with van der Waals surface area (Å²) in [4.78, 5) is 12.6. The minimum atomic E-state index is -0.458. The normalized spacial score (nSPS) is 10.8. The van der Waals surface area contributed by atoms with Crippen LogP contribution in [0.5, 0.6) is 0 Å². The van der Waals surface area contributed by atoms with E-state index >= 15 is 0 Å². The van der Waals surface area contributed by atoms with E-state index < -0.39 is 5.76 Å². The van der Waals surface area contributed by atoms with Crippen molar-refractivity contribution in [2.75, 3.05) is 0 Å². The van der Waals surface area contributed by atoms with Gasteiger partial charge in [0.2, 0.25) is 5.69 Å². The first-order chi connectivity index (χ1) is 12.2. The molecule has 0 fully saturated rings. The van der Waals surface area contributed by atoms with Gasteiger partial charge in [-0.3, -0.25) is 0 Å². The molecule has 5 heteroatoms. The smallest absolute Gasteiger partial charge is 0.347 e. The Morgan fingerprint density at radius 1 is 0.800 bits per heavy atom. The first-order valence-electron chi connectivity index (χ1n) is 7.79. The molecule has 0 aliphatic rings. The minimum absolute atomic E-state index is 0.441. The summed E-state index contributed by atoms with van der Waals surface area (Å²) in [6.07, 6.45) is 0. The maximum atomic E-state index is 12.6. The summed E-state index contributed by atoms with van der Waals surface area (Å²) < 4.78 is 8.89. The number of benzene rings is 3. The first-order valence-corrected chi connectivity index (χ1v) is 8.17. The molecule has 0 aliphatic carbocycles. The van der Waals surface area contributed by atoms with Crippen LogP contribution in [0.3, 0.4) is 0 Å². The fourth-order valence-corrected chi connectivity index (χ4v) is 2.83. The third kappa shape index (κ3) is 2.88. The lowest BCUT2D eigenvalue weighted by Crippen LogP contribution is -2.44. The van der Waals surface area contributed by atoms with E-state index in [2.05, 4.69) is 0 Å². The van der Waals surface area contributed by atoms with E-state index in [1.165, 1.54) is 4.68 Å². The molecule has 122 valence electrons. The summed E-state index contributed by atoms with van der Waals surface area (Å²) in [7, 11) is 0. The van der Waals surface area contributed by atoms with Gasteiger partial charge in [-0.1, -0.05) is 48.0 Å². The summed E-state index contributed by atoms with van der Waals surface area (Å²) in [5.74, 6) is -0.0169. The Morgan fingerprint density at radius 2 is 1.40 bits per heavy atom. The number of rotatable bonds is 3. The molecule has 0 spiro atoms. The summed E-state index contributed by atoms with van der Waals surface area (Å²) in [5, 5.41) is 0.625. The lowest BCUT2D eigenvalue weighted by atomic mass is 10.2. The molecule has 1 heterocycles. The maximum Gasteiger partial charge on any atom is 0.478 e. The van der Waals surface area contributed by atoms with E-state index in [4.69, 9.17) is 16.0 Å². The minimum Gasteiger partial charge on any atom is -0.347 e. The zero-order valence-corrected chi connectivity index (χ0v) is 13.9. The van der Waals surface area contributed by atoms with Crippen LogP contribution in [0.15, 0.2) is 94.1 Å². The van der Waals surface area contributed by atoms with E-state index in [1.54, 1.807) is 16.8 Å². The topological polar surface area (TPSA) is 39.0 Å². The number of hydrogen-bond donors (Lipinski definition) is 0. The molecule has 0 atom stereocenters. The highest BCUT2D eigenvalue weighted by atomic mass is 35.5. The van der Waals surface area contributed by atoms with Crippen LogP contribution >= 0.6 is 11.6 Å². The van der Waals surface area contributed by atoms with Gasteiger partial charge in [0.05, 0.1) is 5.56 Å². The zero-order valence-electron chi connectivity index (χ0n) is 13.2. The average molecular weight is 350 g/mol. The van der Waals surface area contributed by atoms with Gasteiger partial charge >= 0.3 is 11.6 Å². The Hall–Kier alpha value is -3.11. The van der Waals surface area contributed by atoms with Crippen molar-refractivity contribution in [1.29, 1.82) is 0 Å². The van der Waals surface area contributed by atoms with Crippen LogP contribution in [-0.4, -0.2) is 4.68 Å². The zero-order chi connectivity index (χ0) is 17.2. The molecule has 0 saturated carbocycles. The van der Waals surface area contributed by atoms with Gasteiger partial charge in [-0.05, 0) is 45.8 Å². The van der Waals surface area contributed by atoms with Gasteiger partial charge in [0.15, 0.2) is 0 Å². The second kappa shape index (κ2) is 6.42. The third-order valence-corrected chi connectivity index (χ3v) is 4.09. The van der Waals surface area contributed by atoms with Gasteiger partial charge in [0.1, 0.15) is 5.69 Å². The molecule has 25 heavy (non-hydrogen) atoms. The molecule has 4 nitrogen and oxygen atoms in total. The van der Waals surface area contributed by atoms with Crippen molar-refractivity contribution in [2.24, 2.45) is 0 Å². The second-order valence-electron chi connectivity index (χ2n) is 5.47. The second-order valence-corrected chi connectivity index (χ2v) is 5.91. The van der Waals surface area contributed by atoms with Crippen molar-refractivity contribution in [3.8, 4) is 22.8 Å². The van der Waals surface area contributed by atoms with E-state index in [0.29, 0.717) is 10.9 Å². The molecule has 0 unspecified atom stereocenters. The SMILES string of the molecule is O=c1oc(-c2ccc(Cl)cc2)[n+](-c2ccccc2)n1-c1ccccc1. The van der Waals surface area contributed by atoms with E-state index in [0.717, 1.165) is 16.9 Å². The number of aromatic nitrogens is 2. The monoisotopic (exact) mass is 349 g/mol. The summed E-state index contributed by atoms with van der Waals surface area (Å²) >= 11 is 5.98. The van der Waals surface area contributed by atoms with Crippen LogP contribution in [0.1, 0.15) is 0 Å². The van der Waals surface area contributed by atoms with Crippen molar-refractivity contribution in [3.63, 3.8) is 0 Å². The Labute approximate surface area is 149 Å². The predicted octanol–water partition coefficient (Wildman–Crippen LogP) is 4.03. The largest absolute Gasteiger partial charge is 0.478 e. The molecule has 0 N–H and O–H groups in total. The molecule has 0 saturated heterocycles. The van der Waals surface area contributed by atoms with Crippen LogP contribution in [0, 0.1) is 0 Å². The number of para-hydroxylation sites is 2. The van der Waals surface area contributed by atoms with Crippen molar-refractivity contribution in [1.82, 2.24) is 4.68 Å². The first kappa shape index (κ1) is 15.4. The molecule has 1 aromatic heterocycles. The summed E-state index contributed by atoms with van der Waals surface area (Å²) in [6, 6.07) is 26.2.